The molecule has 1 rings (SSSR count). The van der Waals surface area contributed by atoms with E-state index < -0.39 is 10.1 Å². The maximum atomic E-state index is 11.2. The third-order valence-corrected chi connectivity index (χ3v) is 3.63. The Balaban J connectivity index is 2.38. The number of ether oxygens (including phenoxy) is 1. The van der Waals surface area contributed by atoms with Gasteiger partial charge in [0.05, 0.1) is 20.0 Å². The van der Waals surface area contributed by atoms with Crippen molar-refractivity contribution in [3.8, 4) is 0 Å². The number of aryl methyl sites for hydroxylation is 1. The summed E-state index contributed by atoms with van der Waals surface area (Å²) >= 11 is 1.34. The number of carbonyl (C=O) groups excluding carboxylic acids is 1. The largest absolute Gasteiger partial charge is 0.465 e. The van der Waals surface area contributed by atoms with Crippen LogP contribution in [0, 0.1) is 0 Å². The van der Waals surface area contributed by atoms with E-state index in [9.17, 15) is 13.2 Å². The fourth-order valence-electron chi connectivity index (χ4n) is 1.18. The first-order valence-electron chi connectivity index (χ1n) is 4.94. The van der Waals surface area contributed by atoms with Gasteiger partial charge in [-0.05, 0) is 25.0 Å². The summed E-state index contributed by atoms with van der Waals surface area (Å²) in [5.41, 5.74) is 0. The minimum absolute atomic E-state index is 0.157. The van der Waals surface area contributed by atoms with Crippen LogP contribution < -0.4 is 0 Å². The molecule has 0 amide bonds. The highest BCUT2D eigenvalue weighted by atomic mass is 32.2. The molecule has 5 nitrogen and oxygen atoms in total. The zero-order chi connectivity index (χ0) is 12.9. The van der Waals surface area contributed by atoms with Crippen molar-refractivity contribution in [2.24, 2.45) is 0 Å². The first kappa shape index (κ1) is 14.1. The van der Waals surface area contributed by atoms with Gasteiger partial charge in [0.15, 0.2) is 0 Å². The molecule has 0 radical (unpaired) electrons. The average Bonchev–Trinajstić information content (AvgIpc) is 2.70. The molecule has 0 aliphatic rings. The Morgan fingerprint density at radius 2 is 2.12 bits per heavy atom. The van der Waals surface area contributed by atoms with Crippen molar-refractivity contribution in [3.05, 3.63) is 21.9 Å². The molecular weight excluding hydrogens is 264 g/mol. The highest BCUT2D eigenvalue weighted by molar-refractivity contribution is 7.85. The number of carbonyl (C=O) groups is 1. The van der Waals surface area contributed by atoms with E-state index in [0.717, 1.165) is 11.1 Å². The number of thiophene rings is 1. The Hall–Kier alpha value is -0.920. The molecule has 0 bridgehead atoms. The summed E-state index contributed by atoms with van der Waals surface area (Å²) in [6, 6.07) is 3.53. The molecule has 0 saturated carbocycles. The maximum absolute atomic E-state index is 11.2. The Kier molecular flexibility index (Phi) is 5.10. The van der Waals surface area contributed by atoms with E-state index in [-0.39, 0.29) is 12.6 Å². The van der Waals surface area contributed by atoms with Crippen LogP contribution in [0.1, 0.15) is 21.0 Å². The van der Waals surface area contributed by atoms with Crippen molar-refractivity contribution < 1.29 is 22.1 Å². The molecule has 0 N–H and O–H groups in total. The molecular formula is C10H14O5S2. The van der Waals surface area contributed by atoms with Gasteiger partial charge < -0.3 is 4.74 Å². The van der Waals surface area contributed by atoms with Crippen molar-refractivity contribution in [1.29, 1.82) is 0 Å². The van der Waals surface area contributed by atoms with Crippen LogP contribution in [0.4, 0.5) is 0 Å². The molecule has 0 saturated heterocycles. The number of hydrogen-bond donors (Lipinski definition) is 0. The summed E-state index contributed by atoms with van der Waals surface area (Å²) in [6.45, 7) is 0.157. The lowest BCUT2D eigenvalue weighted by Crippen LogP contribution is -2.04. The van der Waals surface area contributed by atoms with E-state index in [1.807, 2.05) is 6.07 Å². The van der Waals surface area contributed by atoms with Crippen LogP contribution in [0.15, 0.2) is 12.1 Å². The quantitative estimate of drug-likeness (QED) is 0.447. The van der Waals surface area contributed by atoms with Crippen LogP contribution in [0.25, 0.3) is 0 Å². The van der Waals surface area contributed by atoms with Crippen LogP contribution in [-0.4, -0.2) is 34.4 Å². The zero-order valence-electron chi connectivity index (χ0n) is 9.63. The highest BCUT2D eigenvalue weighted by Crippen LogP contribution is 2.18. The Labute approximate surface area is 104 Å². The predicted octanol–water partition coefficient (Wildman–Crippen LogP) is 1.44. The first-order chi connectivity index (χ1) is 7.92. The highest BCUT2D eigenvalue weighted by Gasteiger charge is 2.09. The third kappa shape index (κ3) is 5.29. The second-order valence-electron chi connectivity index (χ2n) is 3.39. The van der Waals surface area contributed by atoms with Gasteiger partial charge in [-0.25, -0.2) is 4.79 Å². The molecule has 96 valence electrons. The summed E-state index contributed by atoms with van der Waals surface area (Å²) in [7, 11) is -2.03. The summed E-state index contributed by atoms with van der Waals surface area (Å²) in [6.07, 6.45) is 2.29. The normalized spacial score (nSPS) is 11.4. The predicted molar refractivity (Wildman–Crippen MR) is 64.8 cm³/mol. The first-order valence-corrected chi connectivity index (χ1v) is 7.57. The molecule has 7 heteroatoms. The molecule has 0 aliphatic heterocycles. The van der Waals surface area contributed by atoms with Crippen molar-refractivity contribution in [2.45, 2.75) is 12.8 Å². The van der Waals surface area contributed by atoms with Gasteiger partial charge in [0.2, 0.25) is 0 Å². The van der Waals surface area contributed by atoms with E-state index in [1.54, 1.807) is 6.07 Å². The van der Waals surface area contributed by atoms with Crippen LogP contribution >= 0.6 is 11.3 Å². The standard InChI is InChI=1S/C10H14O5S2/c1-14-10(11)9-6-5-8(16-9)4-3-7-15-17(2,12)13/h5-6H,3-4,7H2,1-2H3. The minimum atomic E-state index is -3.36. The second-order valence-corrected chi connectivity index (χ2v) is 6.20. The summed E-state index contributed by atoms with van der Waals surface area (Å²) in [5.74, 6) is -0.353. The summed E-state index contributed by atoms with van der Waals surface area (Å²) < 4.78 is 30.6. The fourth-order valence-corrected chi connectivity index (χ4v) is 2.57. The lowest BCUT2D eigenvalue weighted by atomic mass is 10.3. The van der Waals surface area contributed by atoms with E-state index in [1.165, 1.54) is 18.4 Å². The number of esters is 1. The fraction of sp³-hybridized carbons (Fsp3) is 0.500. The number of methoxy groups -OCH3 is 1. The van der Waals surface area contributed by atoms with Gasteiger partial charge in [-0.3, -0.25) is 4.18 Å². The van der Waals surface area contributed by atoms with Gasteiger partial charge in [0, 0.05) is 4.88 Å². The molecule has 1 heterocycles. The van der Waals surface area contributed by atoms with E-state index in [0.29, 0.717) is 17.7 Å². The van der Waals surface area contributed by atoms with Crippen molar-refractivity contribution in [1.82, 2.24) is 0 Å². The van der Waals surface area contributed by atoms with Crippen molar-refractivity contribution >= 4 is 27.4 Å². The van der Waals surface area contributed by atoms with Gasteiger partial charge in [0.1, 0.15) is 4.88 Å². The van der Waals surface area contributed by atoms with Crippen molar-refractivity contribution in [3.63, 3.8) is 0 Å². The van der Waals surface area contributed by atoms with Crippen molar-refractivity contribution in [2.75, 3.05) is 20.0 Å². The zero-order valence-corrected chi connectivity index (χ0v) is 11.3. The van der Waals surface area contributed by atoms with E-state index in [2.05, 4.69) is 8.92 Å². The number of rotatable bonds is 6. The number of hydrogen-bond acceptors (Lipinski definition) is 6. The van der Waals surface area contributed by atoms with Crippen LogP contribution in [-0.2, 0) is 25.5 Å². The van der Waals surface area contributed by atoms with Gasteiger partial charge in [-0.15, -0.1) is 11.3 Å². The van der Waals surface area contributed by atoms with Gasteiger partial charge in [0.25, 0.3) is 10.1 Å². The average molecular weight is 278 g/mol. The molecule has 0 atom stereocenters. The van der Waals surface area contributed by atoms with Gasteiger partial charge in [-0.1, -0.05) is 0 Å². The molecule has 0 aromatic carbocycles. The Bertz CT molecular complexity index is 475. The maximum Gasteiger partial charge on any atom is 0.348 e. The molecule has 17 heavy (non-hydrogen) atoms. The Morgan fingerprint density at radius 1 is 1.41 bits per heavy atom. The van der Waals surface area contributed by atoms with Crippen LogP contribution in [0.5, 0.6) is 0 Å². The second kappa shape index (κ2) is 6.13. The molecule has 0 aliphatic carbocycles. The SMILES string of the molecule is COC(=O)c1ccc(CCCOS(C)(=O)=O)s1. The lowest BCUT2D eigenvalue weighted by molar-refractivity contribution is 0.0606. The van der Waals surface area contributed by atoms with Crippen LogP contribution in [0.3, 0.4) is 0 Å². The molecule has 0 spiro atoms. The molecule has 1 aromatic heterocycles. The molecule has 1 aromatic rings. The monoisotopic (exact) mass is 278 g/mol. The van der Waals surface area contributed by atoms with Gasteiger partial charge >= 0.3 is 5.97 Å². The molecule has 0 fully saturated rings. The van der Waals surface area contributed by atoms with Gasteiger partial charge in [-0.2, -0.15) is 8.42 Å². The van der Waals surface area contributed by atoms with E-state index >= 15 is 0 Å². The van der Waals surface area contributed by atoms with Crippen LogP contribution in [0.2, 0.25) is 0 Å². The summed E-state index contributed by atoms with van der Waals surface area (Å²) in [4.78, 5) is 12.7. The third-order valence-electron chi connectivity index (χ3n) is 1.91. The Morgan fingerprint density at radius 3 is 2.71 bits per heavy atom. The minimum Gasteiger partial charge on any atom is -0.465 e. The topological polar surface area (TPSA) is 69.7 Å². The smallest absolute Gasteiger partial charge is 0.348 e. The molecule has 0 unspecified atom stereocenters. The lowest BCUT2D eigenvalue weighted by Gasteiger charge is -1.99. The summed E-state index contributed by atoms with van der Waals surface area (Å²) in [5, 5.41) is 0. The van der Waals surface area contributed by atoms with E-state index in [4.69, 9.17) is 0 Å².